The summed E-state index contributed by atoms with van der Waals surface area (Å²) in [5.41, 5.74) is 2.08. The summed E-state index contributed by atoms with van der Waals surface area (Å²) in [5, 5.41) is 0. The van der Waals surface area contributed by atoms with Gasteiger partial charge in [0.05, 0.1) is 0 Å². The number of nitrogens with zero attached hydrogens (tertiary/aromatic N) is 2. The van der Waals surface area contributed by atoms with Gasteiger partial charge in [-0.15, -0.1) is 6.58 Å². The zero-order valence-corrected chi connectivity index (χ0v) is 9.30. The van der Waals surface area contributed by atoms with Crippen molar-refractivity contribution in [3.8, 4) is 0 Å². The first-order chi connectivity index (χ1) is 6.77. The van der Waals surface area contributed by atoms with Crippen molar-refractivity contribution in [2.24, 2.45) is 0 Å². The first-order valence-corrected chi connectivity index (χ1v) is 7.15. The van der Waals surface area contributed by atoms with E-state index in [0.29, 0.717) is 0 Å². The van der Waals surface area contributed by atoms with Crippen LogP contribution < -0.4 is 0 Å². The van der Waals surface area contributed by atoms with Gasteiger partial charge in [0.1, 0.15) is 0 Å². The van der Waals surface area contributed by atoms with Gasteiger partial charge in [-0.05, 0) is 55.6 Å². The first kappa shape index (κ1) is 9.09. The fourth-order valence-electron chi connectivity index (χ4n) is 1.62. The number of hydrogen-bond acceptors (Lipinski definition) is 0. The fraction of sp³-hybridized carbons (Fsp3) is 0.0909. The molecule has 72 valence electrons. The molecule has 2 heterocycles. The molecule has 2 rings (SSSR count). The molecule has 0 aliphatic carbocycles. The van der Waals surface area contributed by atoms with Crippen molar-refractivity contribution in [1.29, 1.82) is 0 Å². The van der Waals surface area contributed by atoms with Crippen LogP contribution in [-0.2, 0) is 0 Å². The zero-order chi connectivity index (χ0) is 10.0. The van der Waals surface area contributed by atoms with E-state index in [9.17, 15) is 0 Å². The molecule has 0 amide bonds. The van der Waals surface area contributed by atoms with Gasteiger partial charge in [0.2, 0.25) is 0 Å². The molecule has 0 bridgehead atoms. The zero-order valence-electron chi connectivity index (χ0n) is 8.30. The maximum atomic E-state index is 3.96. The summed E-state index contributed by atoms with van der Waals surface area (Å²) in [6, 6.07) is 8.22. The fourth-order valence-corrected chi connectivity index (χ4v) is 3.86. The normalized spacial score (nSPS) is 11.5. The van der Waals surface area contributed by atoms with Crippen molar-refractivity contribution in [2.75, 3.05) is 0 Å². The highest BCUT2D eigenvalue weighted by Crippen LogP contribution is 2.12. The maximum Gasteiger partial charge on any atom is 0.293 e. The molecule has 0 aliphatic heterocycles. The molecule has 0 radical (unpaired) electrons. The lowest BCUT2D eigenvalue weighted by Gasteiger charge is -2.26. The van der Waals surface area contributed by atoms with E-state index < -0.39 is 8.40 Å². The molecule has 0 fully saturated rings. The van der Waals surface area contributed by atoms with Crippen molar-refractivity contribution in [3.63, 3.8) is 0 Å². The van der Waals surface area contributed by atoms with Crippen molar-refractivity contribution < 1.29 is 0 Å². The van der Waals surface area contributed by atoms with E-state index in [1.165, 1.54) is 0 Å². The van der Waals surface area contributed by atoms with Gasteiger partial charge in [0, 0.05) is 0 Å². The minimum atomic E-state index is -1.77. The molecule has 0 atom stereocenters. The summed E-state index contributed by atoms with van der Waals surface area (Å²) in [4.78, 5) is 0. The molecule has 0 aliphatic rings. The minimum Gasteiger partial charge on any atom is -0.360 e. The lowest BCUT2D eigenvalue weighted by atomic mass is 10.7. The molecular weight excluding hydrogens is 188 g/mol. The van der Waals surface area contributed by atoms with Crippen LogP contribution in [0.4, 0.5) is 0 Å². The first-order valence-electron chi connectivity index (χ1n) is 4.68. The van der Waals surface area contributed by atoms with Gasteiger partial charge in [0.15, 0.2) is 0 Å². The summed E-state index contributed by atoms with van der Waals surface area (Å²) in [7, 11) is -1.77. The number of aromatic nitrogens is 2. The van der Waals surface area contributed by atoms with Crippen molar-refractivity contribution in [2.45, 2.75) is 6.55 Å². The van der Waals surface area contributed by atoms with Gasteiger partial charge >= 0.3 is 0 Å². The van der Waals surface area contributed by atoms with E-state index in [1.807, 2.05) is 0 Å². The highest BCUT2D eigenvalue weighted by Gasteiger charge is 2.27. The van der Waals surface area contributed by atoms with Crippen LogP contribution in [0.3, 0.4) is 0 Å². The second kappa shape index (κ2) is 3.34. The van der Waals surface area contributed by atoms with E-state index in [0.717, 1.165) is 0 Å². The van der Waals surface area contributed by atoms with Crippen molar-refractivity contribution >= 4 is 8.40 Å². The summed E-state index contributed by atoms with van der Waals surface area (Å²) < 4.78 is 4.53. The summed E-state index contributed by atoms with van der Waals surface area (Å²) in [6.07, 6.45) is 8.42. The molecule has 0 N–H and O–H groups in total. The molecule has 0 aromatic carbocycles. The van der Waals surface area contributed by atoms with Gasteiger partial charge in [-0.2, -0.15) is 0 Å². The Bertz CT molecular complexity index is 366. The molecule has 14 heavy (non-hydrogen) atoms. The molecule has 0 saturated carbocycles. The van der Waals surface area contributed by atoms with Crippen molar-refractivity contribution in [3.05, 3.63) is 61.3 Å². The SMILES string of the molecule is C=C[Si](C)(n1cccc1)n1cccc1. The van der Waals surface area contributed by atoms with E-state index in [4.69, 9.17) is 0 Å². The van der Waals surface area contributed by atoms with Gasteiger partial charge in [-0.1, -0.05) is 5.70 Å². The van der Waals surface area contributed by atoms with Crippen LogP contribution in [0.5, 0.6) is 0 Å². The summed E-state index contributed by atoms with van der Waals surface area (Å²) in [5.74, 6) is 0. The molecule has 0 unspecified atom stereocenters. The van der Waals surface area contributed by atoms with Crippen LogP contribution in [0, 0.1) is 0 Å². The smallest absolute Gasteiger partial charge is 0.293 e. The largest absolute Gasteiger partial charge is 0.360 e. The molecule has 0 saturated heterocycles. The molecule has 0 spiro atoms. The second-order valence-corrected chi connectivity index (χ2v) is 7.11. The van der Waals surface area contributed by atoms with Crippen LogP contribution >= 0.6 is 0 Å². The summed E-state index contributed by atoms with van der Waals surface area (Å²) in [6.45, 7) is 6.23. The predicted octanol–water partition coefficient (Wildman–Crippen LogP) is 2.48. The highest BCUT2D eigenvalue weighted by atomic mass is 28.3. The Morgan fingerprint density at radius 2 is 1.29 bits per heavy atom. The molecule has 2 nitrogen and oxygen atoms in total. The van der Waals surface area contributed by atoms with Gasteiger partial charge < -0.3 is 8.47 Å². The standard InChI is InChI=1S/C11H14N2Si/c1-3-14(2,12-8-4-5-9-12)13-10-6-7-11-13/h3-11H,1H2,2H3. The average molecular weight is 202 g/mol. The molecule has 3 heteroatoms. The van der Waals surface area contributed by atoms with Crippen LogP contribution in [0.1, 0.15) is 0 Å². The predicted molar refractivity (Wildman–Crippen MR) is 61.5 cm³/mol. The van der Waals surface area contributed by atoms with Gasteiger partial charge in [-0.3, -0.25) is 0 Å². The summed E-state index contributed by atoms with van der Waals surface area (Å²) >= 11 is 0. The highest BCUT2D eigenvalue weighted by molar-refractivity contribution is 6.80. The lowest BCUT2D eigenvalue weighted by Crippen LogP contribution is -2.44. The Morgan fingerprint density at radius 3 is 1.57 bits per heavy atom. The Morgan fingerprint density at radius 1 is 0.929 bits per heavy atom. The average Bonchev–Trinajstić information content (AvgIpc) is 2.88. The second-order valence-electron chi connectivity index (χ2n) is 3.48. The van der Waals surface area contributed by atoms with Crippen molar-refractivity contribution in [1.82, 2.24) is 8.47 Å². The molecule has 2 aromatic rings. The Balaban J connectivity index is 2.51. The van der Waals surface area contributed by atoms with Crippen LogP contribution in [-0.4, -0.2) is 16.9 Å². The van der Waals surface area contributed by atoms with Crippen LogP contribution in [0.2, 0.25) is 6.55 Å². The maximum absolute atomic E-state index is 3.96. The van der Waals surface area contributed by atoms with E-state index >= 15 is 0 Å². The third-order valence-electron chi connectivity index (χ3n) is 2.64. The Kier molecular flexibility index (Phi) is 2.17. The number of hydrogen-bond donors (Lipinski definition) is 0. The van der Waals surface area contributed by atoms with E-state index in [2.05, 4.69) is 76.3 Å². The Hall–Kier alpha value is -1.48. The van der Waals surface area contributed by atoms with Gasteiger partial charge in [0.25, 0.3) is 8.40 Å². The topological polar surface area (TPSA) is 9.86 Å². The monoisotopic (exact) mass is 202 g/mol. The lowest BCUT2D eigenvalue weighted by molar-refractivity contribution is 1.03. The van der Waals surface area contributed by atoms with E-state index in [-0.39, 0.29) is 0 Å². The third-order valence-corrected chi connectivity index (χ3v) is 6.10. The molecular formula is C11H14N2Si. The number of rotatable bonds is 3. The Labute approximate surface area is 85.3 Å². The van der Waals surface area contributed by atoms with Crippen LogP contribution in [0.25, 0.3) is 0 Å². The van der Waals surface area contributed by atoms with E-state index in [1.54, 1.807) is 0 Å². The van der Waals surface area contributed by atoms with Gasteiger partial charge in [-0.25, -0.2) is 0 Å². The third kappa shape index (κ3) is 1.26. The van der Waals surface area contributed by atoms with Crippen LogP contribution in [0.15, 0.2) is 61.3 Å². The quantitative estimate of drug-likeness (QED) is 0.677. The molecule has 2 aromatic heterocycles. The minimum absolute atomic E-state index is 1.77.